The maximum atomic E-state index is 12.7. The Labute approximate surface area is 266 Å². The number of nitrogens with zero attached hydrogens (tertiary/aromatic N) is 2. The van der Waals surface area contributed by atoms with Gasteiger partial charge in [-0.05, 0) is 60.2 Å². The van der Waals surface area contributed by atoms with Crippen LogP contribution in [0.15, 0.2) is 109 Å². The van der Waals surface area contributed by atoms with Crippen molar-refractivity contribution in [2.45, 2.75) is 45.1 Å². The second-order valence-electron chi connectivity index (χ2n) is 10.5. The molecular formula is C34H35N7O3S. The van der Waals surface area contributed by atoms with Crippen LogP contribution in [0.1, 0.15) is 51.3 Å². The van der Waals surface area contributed by atoms with Gasteiger partial charge in [0, 0.05) is 24.2 Å². The van der Waals surface area contributed by atoms with E-state index in [1.54, 1.807) is 12.1 Å². The summed E-state index contributed by atoms with van der Waals surface area (Å²) in [5, 5.41) is 18.3. The minimum absolute atomic E-state index is 0.0816. The number of benzene rings is 3. The van der Waals surface area contributed by atoms with E-state index >= 15 is 0 Å². The molecule has 0 unspecified atom stereocenters. The van der Waals surface area contributed by atoms with Crippen molar-refractivity contribution in [1.82, 2.24) is 31.7 Å². The van der Waals surface area contributed by atoms with Crippen molar-refractivity contribution in [2.75, 3.05) is 5.32 Å². The first-order chi connectivity index (χ1) is 22.0. The third-order valence-corrected chi connectivity index (χ3v) is 7.83. The summed E-state index contributed by atoms with van der Waals surface area (Å²) in [7, 11) is 0. The highest BCUT2D eigenvalue weighted by Gasteiger charge is 2.12. The van der Waals surface area contributed by atoms with Crippen molar-refractivity contribution >= 4 is 34.2 Å². The summed E-state index contributed by atoms with van der Waals surface area (Å²) in [6.07, 6.45) is 7.79. The van der Waals surface area contributed by atoms with Gasteiger partial charge in [-0.15, -0.1) is 10.2 Å². The molecule has 0 radical (unpaired) electrons. The highest BCUT2D eigenvalue weighted by atomic mass is 32.1. The van der Waals surface area contributed by atoms with Crippen molar-refractivity contribution in [3.05, 3.63) is 136 Å². The molecule has 11 heteroatoms. The average Bonchev–Trinajstić information content (AvgIpc) is 3.50. The minimum Gasteiger partial charge on any atom is -0.348 e. The summed E-state index contributed by atoms with van der Waals surface area (Å²) >= 11 is 1.38. The molecule has 1 aliphatic heterocycles. The minimum atomic E-state index is -0.172. The van der Waals surface area contributed by atoms with Crippen LogP contribution in [0.25, 0.3) is 0 Å². The Kier molecular flexibility index (Phi) is 11.1. The molecule has 0 spiro atoms. The Morgan fingerprint density at radius 2 is 1.38 bits per heavy atom. The van der Waals surface area contributed by atoms with Crippen molar-refractivity contribution in [1.29, 1.82) is 0 Å². The van der Waals surface area contributed by atoms with Gasteiger partial charge in [-0.1, -0.05) is 84.1 Å². The molecule has 0 saturated heterocycles. The molecule has 4 aromatic rings. The number of nitrogens with one attached hydrogen (secondary N) is 5. The zero-order valence-corrected chi connectivity index (χ0v) is 25.5. The standard InChI is InChI=1S/C34H35N7O3S/c42-30(21-24-10-3-1-4-11-24)36-29-19-18-28(38-39-29)16-7-8-17-32-40-41-34(45-32)37-31(43)22-25-12-9-13-26(20-25)23-35-33(44)27-14-5-2-6-15-27/h1-6,9-15,18-20,38-39H,7-8,16-17,21-23H2,(H,35,44)(H,36,42)(H,37,41,43). The number of hydrogen-bond donors (Lipinski definition) is 5. The fraction of sp³-hybridized carbons (Fsp3) is 0.206. The third-order valence-electron chi connectivity index (χ3n) is 6.94. The fourth-order valence-electron chi connectivity index (χ4n) is 4.68. The van der Waals surface area contributed by atoms with Gasteiger partial charge in [0.05, 0.1) is 12.8 Å². The zero-order valence-electron chi connectivity index (χ0n) is 24.7. The van der Waals surface area contributed by atoms with E-state index in [9.17, 15) is 14.4 Å². The lowest BCUT2D eigenvalue weighted by molar-refractivity contribution is -0.120. The van der Waals surface area contributed by atoms with Gasteiger partial charge in [-0.3, -0.25) is 19.8 Å². The Balaban J connectivity index is 0.990. The predicted molar refractivity (Wildman–Crippen MR) is 175 cm³/mol. The van der Waals surface area contributed by atoms with Gasteiger partial charge in [0.1, 0.15) is 10.8 Å². The smallest absolute Gasteiger partial charge is 0.251 e. The van der Waals surface area contributed by atoms with E-state index in [1.807, 2.05) is 84.9 Å². The molecule has 0 saturated carbocycles. The highest BCUT2D eigenvalue weighted by Crippen LogP contribution is 2.19. The van der Waals surface area contributed by atoms with Crippen molar-refractivity contribution in [2.24, 2.45) is 0 Å². The van der Waals surface area contributed by atoms with Crippen molar-refractivity contribution in [3.63, 3.8) is 0 Å². The van der Waals surface area contributed by atoms with Crippen LogP contribution in [0.3, 0.4) is 0 Å². The number of carbonyl (C=O) groups excluding carboxylic acids is 3. The number of unbranched alkanes of at least 4 members (excludes halogenated alkanes) is 1. The quantitative estimate of drug-likeness (QED) is 0.130. The van der Waals surface area contributed by atoms with Gasteiger partial charge < -0.3 is 21.4 Å². The first-order valence-corrected chi connectivity index (χ1v) is 15.6. The van der Waals surface area contributed by atoms with Crippen LogP contribution in [-0.2, 0) is 35.4 Å². The Morgan fingerprint density at radius 1 is 0.689 bits per heavy atom. The summed E-state index contributed by atoms with van der Waals surface area (Å²) in [5.74, 6) is 0.220. The molecule has 3 aromatic carbocycles. The Hall–Kier alpha value is -5.29. The van der Waals surface area contributed by atoms with Crippen LogP contribution in [-0.4, -0.2) is 27.9 Å². The summed E-state index contributed by atoms with van der Waals surface area (Å²) < 4.78 is 0. The van der Waals surface area contributed by atoms with Gasteiger partial charge >= 0.3 is 0 Å². The fourth-order valence-corrected chi connectivity index (χ4v) is 5.48. The molecule has 0 atom stereocenters. The molecule has 5 rings (SSSR count). The topological polar surface area (TPSA) is 137 Å². The van der Waals surface area contributed by atoms with E-state index in [2.05, 4.69) is 37.0 Å². The molecule has 0 bridgehead atoms. The van der Waals surface area contributed by atoms with Gasteiger partial charge in [-0.25, -0.2) is 0 Å². The number of aromatic nitrogens is 2. The highest BCUT2D eigenvalue weighted by molar-refractivity contribution is 7.15. The predicted octanol–water partition coefficient (Wildman–Crippen LogP) is 4.55. The van der Waals surface area contributed by atoms with E-state index in [0.717, 1.165) is 53.1 Å². The molecule has 1 aromatic heterocycles. The van der Waals surface area contributed by atoms with Crippen LogP contribution < -0.4 is 26.8 Å². The zero-order chi connectivity index (χ0) is 31.3. The number of anilines is 1. The molecule has 230 valence electrons. The lowest BCUT2D eigenvalue weighted by Crippen LogP contribution is -2.41. The van der Waals surface area contributed by atoms with E-state index in [-0.39, 0.29) is 24.1 Å². The normalized spacial score (nSPS) is 12.2. The van der Waals surface area contributed by atoms with Gasteiger partial charge in [0.2, 0.25) is 16.9 Å². The van der Waals surface area contributed by atoms with E-state index in [4.69, 9.17) is 0 Å². The maximum absolute atomic E-state index is 12.7. The Morgan fingerprint density at radius 3 is 2.16 bits per heavy atom. The maximum Gasteiger partial charge on any atom is 0.251 e. The van der Waals surface area contributed by atoms with E-state index in [1.165, 1.54) is 11.3 Å². The second-order valence-corrected chi connectivity index (χ2v) is 11.6. The van der Waals surface area contributed by atoms with Crippen molar-refractivity contribution < 1.29 is 14.4 Å². The second kappa shape index (κ2) is 16.0. The first-order valence-electron chi connectivity index (χ1n) is 14.8. The molecule has 2 heterocycles. The Bertz CT molecular complexity index is 1670. The molecule has 0 fully saturated rings. The van der Waals surface area contributed by atoms with Crippen LogP contribution in [0.2, 0.25) is 0 Å². The summed E-state index contributed by atoms with van der Waals surface area (Å²) in [4.78, 5) is 37.2. The lowest BCUT2D eigenvalue weighted by atomic mass is 10.1. The molecule has 45 heavy (non-hydrogen) atoms. The van der Waals surface area contributed by atoms with Gasteiger partial charge in [-0.2, -0.15) is 0 Å². The van der Waals surface area contributed by atoms with Gasteiger partial charge in [0.25, 0.3) is 5.91 Å². The number of allylic oxidation sites excluding steroid dienone is 3. The molecule has 10 nitrogen and oxygen atoms in total. The number of hydrogen-bond acceptors (Lipinski definition) is 8. The van der Waals surface area contributed by atoms with Crippen LogP contribution in [0, 0.1) is 0 Å². The lowest BCUT2D eigenvalue weighted by Gasteiger charge is -2.20. The third kappa shape index (κ3) is 10.1. The summed E-state index contributed by atoms with van der Waals surface area (Å²) in [6.45, 7) is 0.373. The average molecular weight is 622 g/mol. The molecule has 1 aliphatic rings. The first kappa shape index (κ1) is 31.1. The number of rotatable bonds is 14. The number of amides is 3. The van der Waals surface area contributed by atoms with E-state index in [0.29, 0.717) is 29.5 Å². The molecule has 3 amide bonds. The van der Waals surface area contributed by atoms with Crippen LogP contribution >= 0.6 is 11.3 Å². The number of hydrazine groups is 1. The van der Waals surface area contributed by atoms with Crippen LogP contribution in [0.5, 0.6) is 0 Å². The summed E-state index contributed by atoms with van der Waals surface area (Å²) in [5.41, 5.74) is 10.5. The molecule has 0 aliphatic carbocycles. The molecule has 5 N–H and O–H groups in total. The monoisotopic (exact) mass is 621 g/mol. The van der Waals surface area contributed by atoms with E-state index < -0.39 is 0 Å². The molecular weight excluding hydrogens is 586 g/mol. The number of carbonyl (C=O) groups is 3. The van der Waals surface area contributed by atoms with Crippen molar-refractivity contribution in [3.8, 4) is 0 Å². The van der Waals surface area contributed by atoms with Gasteiger partial charge in [0.15, 0.2) is 0 Å². The number of aryl methyl sites for hydroxylation is 1. The van der Waals surface area contributed by atoms with Crippen LogP contribution in [0.4, 0.5) is 5.13 Å². The SMILES string of the molecule is O=C(Cc1ccccc1)NC1=CC=C(CCCCc2nnc(NC(=O)Cc3cccc(CNC(=O)c4ccccc4)c3)s2)NN1. The summed E-state index contributed by atoms with van der Waals surface area (Å²) in [6, 6.07) is 26.3. The largest absolute Gasteiger partial charge is 0.348 e.